The Morgan fingerprint density at radius 2 is 2.06 bits per heavy atom. The summed E-state index contributed by atoms with van der Waals surface area (Å²) in [5.41, 5.74) is 1.05. The Morgan fingerprint density at radius 1 is 1.17 bits per heavy atom. The van der Waals surface area contributed by atoms with Crippen molar-refractivity contribution in [2.75, 3.05) is 11.9 Å². The molecule has 0 saturated heterocycles. The lowest BCUT2D eigenvalue weighted by Crippen LogP contribution is -2.12. The minimum atomic E-state index is 0.376. The minimum Gasteiger partial charge on any atom is -0.370 e. The first-order chi connectivity index (χ1) is 8.81. The topological polar surface area (TPSA) is 24.9 Å². The SMILES string of the molecule is ClC1CCC(CNc2ccc3ccccc3n2)C1. The fourth-order valence-electron chi connectivity index (χ4n) is 2.61. The number of halogens is 1. The highest BCUT2D eigenvalue weighted by atomic mass is 35.5. The van der Waals surface area contributed by atoms with Crippen LogP contribution in [0, 0.1) is 5.92 Å². The van der Waals surface area contributed by atoms with Gasteiger partial charge in [-0.3, -0.25) is 0 Å². The molecule has 1 N–H and O–H groups in total. The van der Waals surface area contributed by atoms with E-state index >= 15 is 0 Å². The third kappa shape index (κ3) is 2.59. The number of anilines is 1. The molecule has 1 aromatic heterocycles. The molecule has 1 heterocycles. The van der Waals surface area contributed by atoms with Gasteiger partial charge in [0.05, 0.1) is 5.52 Å². The summed E-state index contributed by atoms with van der Waals surface area (Å²) in [6.07, 6.45) is 3.51. The molecule has 2 atom stereocenters. The number of aromatic nitrogens is 1. The van der Waals surface area contributed by atoms with Gasteiger partial charge >= 0.3 is 0 Å². The molecular formula is C15H17ClN2. The Kier molecular flexibility index (Phi) is 3.37. The highest BCUT2D eigenvalue weighted by Gasteiger charge is 2.22. The fraction of sp³-hybridized carbons (Fsp3) is 0.400. The molecule has 1 fully saturated rings. The van der Waals surface area contributed by atoms with Crippen molar-refractivity contribution in [2.45, 2.75) is 24.6 Å². The Labute approximate surface area is 112 Å². The van der Waals surface area contributed by atoms with Crippen LogP contribution in [0.2, 0.25) is 0 Å². The molecular weight excluding hydrogens is 244 g/mol. The summed E-state index contributed by atoms with van der Waals surface area (Å²) in [7, 11) is 0. The minimum absolute atomic E-state index is 0.376. The van der Waals surface area contributed by atoms with Crippen molar-refractivity contribution >= 4 is 28.3 Å². The van der Waals surface area contributed by atoms with E-state index in [9.17, 15) is 0 Å². The first-order valence-corrected chi connectivity index (χ1v) is 6.98. The molecule has 2 unspecified atom stereocenters. The van der Waals surface area contributed by atoms with Gasteiger partial charge in [0.2, 0.25) is 0 Å². The number of pyridine rings is 1. The maximum Gasteiger partial charge on any atom is 0.126 e. The van der Waals surface area contributed by atoms with E-state index in [0.29, 0.717) is 11.3 Å². The lowest BCUT2D eigenvalue weighted by molar-refractivity contribution is 0.580. The number of nitrogens with zero attached hydrogens (tertiary/aromatic N) is 1. The molecule has 3 heteroatoms. The predicted molar refractivity (Wildman–Crippen MR) is 77.2 cm³/mol. The van der Waals surface area contributed by atoms with E-state index in [4.69, 9.17) is 11.6 Å². The van der Waals surface area contributed by atoms with Gasteiger partial charge in [0.15, 0.2) is 0 Å². The summed E-state index contributed by atoms with van der Waals surface area (Å²) in [5.74, 6) is 1.66. The van der Waals surface area contributed by atoms with Crippen molar-refractivity contribution < 1.29 is 0 Å². The van der Waals surface area contributed by atoms with Gasteiger partial charge in [-0.1, -0.05) is 18.2 Å². The lowest BCUT2D eigenvalue weighted by Gasteiger charge is -2.11. The Morgan fingerprint density at radius 3 is 2.89 bits per heavy atom. The smallest absolute Gasteiger partial charge is 0.126 e. The van der Waals surface area contributed by atoms with Crippen molar-refractivity contribution in [1.29, 1.82) is 0 Å². The van der Waals surface area contributed by atoms with Gasteiger partial charge in [0.25, 0.3) is 0 Å². The molecule has 3 rings (SSSR count). The normalized spacial score (nSPS) is 23.4. The van der Waals surface area contributed by atoms with Crippen LogP contribution in [0.25, 0.3) is 10.9 Å². The third-order valence-electron chi connectivity index (χ3n) is 3.65. The van der Waals surface area contributed by atoms with Crippen LogP contribution in [0.3, 0.4) is 0 Å². The fourth-order valence-corrected chi connectivity index (χ4v) is 2.99. The molecule has 94 valence electrons. The molecule has 18 heavy (non-hydrogen) atoms. The second-order valence-corrected chi connectivity index (χ2v) is 5.66. The number of alkyl halides is 1. The number of para-hydroxylation sites is 1. The first-order valence-electron chi connectivity index (χ1n) is 6.55. The Bertz CT molecular complexity index is 541. The van der Waals surface area contributed by atoms with E-state index in [1.807, 2.05) is 18.2 Å². The van der Waals surface area contributed by atoms with Gasteiger partial charge in [-0.2, -0.15) is 0 Å². The molecule has 0 amide bonds. The maximum absolute atomic E-state index is 6.12. The number of benzene rings is 1. The highest BCUT2D eigenvalue weighted by molar-refractivity contribution is 6.20. The van der Waals surface area contributed by atoms with Crippen molar-refractivity contribution in [1.82, 2.24) is 4.98 Å². The summed E-state index contributed by atoms with van der Waals surface area (Å²) >= 11 is 6.12. The Balaban J connectivity index is 1.67. The molecule has 0 aliphatic heterocycles. The monoisotopic (exact) mass is 260 g/mol. The van der Waals surface area contributed by atoms with Crippen LogP contribution in [0.1, 0.15) is 19.3 Å². The standard InChI is InChI=1S/C15H17ClN2/c16-13-7-5-11(9-13)10-17-15-8-6-12-3-1-2-4-14(12)18-15/h1-4,6,8,11,13H,5,7,9-10H2,(H,17,18). The van der Waals surface area contributed by atoms with Crippen LogP contribution in [-0.2, 0) is 0 Å². The lowest BCUT2D eigenvalue weighted by atomic mass is 10.1. The average Bonchev–Trinajstić information content (AvgIpc) is 2.82. The van der Waals surface area contributed by atoms with Crippen LogP contribution in [-0.4, -0.2) is 16.9 Å². The zero-order valence-electron chi connectivity index (χ0n) is 10.3. The molecule has 0 spiro atoms. The summed E-state index contributed by atoms with van der Waals surface area (Å²) in [6.45, 7) is 0.981. The second kappa shape index (κ2) is 5.15. The van der Waals surface area contributed by atoms with E-state index < -0.39 is 0 Å². The molecule has 0 radical (unpaired) electrons. The number of hydrogen-bond donors (Lipinski definition) is 1. The van der Waals surface area contributed by atoms with Crippen LogP contribution >= 0.6 is 11.6 Å². The van der Waals surface area contributed by atoms with E-state index in [1.54, 1.807) is 0 Å². The van der Waals surface area contributed by atoms with Crippen molar-refractivity contribution in [3.63, 3.8) is 0 Å². The Hall–Kier alpha value is -1.28. The molecule has 0 bridgehead atoms. The van der Waals surface area contributed by atoms with Crippen LogP contribution in [0.5, 0.6) is 0 Å². The first kappa shape index (κ1) is 11.8. The van der Waals surface area contributed by atoms with Gasteiger partial charge in [-0.15, -0.1) is 11.6 Å². The predicted octanol–water partition coefficient (Wildman–Crippen LogP) is 4.05. The number of rotatable bonds is 3. The average molecular weight is 261 g/mol. The van der Waals surface area contributed by atoms with Gasteiger partial charge in [-0.05, 0) is 43.4 Å². The zero-order chi connectivity index (χ0) is 12.4. The highest BCUT2D eigenvalue weighted by Crippen LogP contribution is 2.29. The second-order valence-electron chi connectivity index (χ2n) is 5.05. The largest absolute Gasteiger partial charge is 0.370 e. The summed E-state index contributed by atoms with van der Waals surface area (Å²) < 4.78 is 0. The molecule has 2 nitrogen and oxygen atoms in total. The van der Waals surface area contributed by atoms with Crippen molar-refractivity contribution in [3.05, 3.63) is 36.4 Å². The zero-order valence-corrected chi connectivity index (χ0v) is 11.0. The molecule has 1 aliphatic carbocycles. The third-order valence-corrected chi connectivity index (χ3v) is 4.04. The summed E-state index contributed by atoms with van der Waals surface area (Å²) in [5, 5.41) is 4.99. The van der Waals surface area contributed by atoms with Gasteiger partial charge in [0, 0.05) is 17.3 Å². The number of hydrogen-bond acceptors (Lipinski definition) is 2. The molecule has 1 aliphatic rings. The van der Waals surface area contributed by atoms with E-state index in [0.717, 1.165) is 30.7 Å². The van der Waals surface area contributed by atoms with Crippen molar-refractivity contribution in [3.8, 4) is 0 Å². The van der Waals surface area contributed by atoms with Crippen molar-refractivity contribution in [2.24, 2.45) is 5.92 Å². The number of nitrogens with one attached hydrogen (secondary N) is 1. The van der Waals surface area contributed by atoms with Gasteiger partial charge in [-0.25, -0.2) is 4.98 Å². The quantitative estimate of drug-likeness (QED) is 0.842. The molecule has 1 aromatic carbocycles. The van der Waals surface area contributed by atoms with Crippen LogP contribution in [0.15, 0.2) is 36.4 Å². The summed E-state index contributed by atoms with van der Waals surface area (Å²) in [4.78, 5) is 4.61. The van der Waals surface area contributed by atoms with Gasteiger partial charge < -0.3 is 5.32 Å². The van der Waals surface area contributed by atoms with Gasteiger partial charge in [0.1, 0.15) is 5.82 Å². The maximum atomic E-state index is 6.12. The van der Waals surface area contributed by atoms with E-state index in [-0.39, 0.29) is 0 Å². The van der Waals surface area contributed by atoms with Crippen LogP contribution < -0.4 is 5.32 Å². The molecule has 2 aromatic rings. The van der Waals surface area contributed by atoms with Crippen LogP contribution in [0.4, 0.5) is 5.82 Å². The van der Waals surface area contributed by atoms with E-state index in [1.165, 1.54) is 11.8 Å². The molecule has 1 saturated carbocycles. The van der Waals surface area contributed by atoms with E-state index in [2.05, 4.69) is 28.5 Å². The summed E-state index contributed by atoms with van der Waals surface area (Å²) in [6, 6.07) is 12.4. The number of fused-ring (bicyclic) bond motifs is 1.